The van der Waals surface area contributed by atoms with E-state index in [1.165, 1.54) is 19.3 Å². The maximum absolute atomic E-state index is 11.7. The molecule has 0 aliphatic heterocycles. The van der Waals surface area contributed by atoms with Gasteiger partial charge in [0, 0.05) is 6.04 Å². The molecule has 2 amide bonds. The molecule has 0 heterocycles. The molecule has 4 atom stereocenters. The van der Waals surface area contributed by atoms with Crippen molar-refractivity contribution in [2.75, 3.05) is 6.54 Å². The van der Waals surface area contributed by atoms with Gasteiger partial charge in [-0.3, -0.25) is 9.59 Å². The maximum Gasteiger partial charge on any atom is 0.309 e. The molecule has 4 N–H and O–H groups in total. The number of hydrogen-bond donors (Lipinski definition) is 3. The van der Waals surface area contributed by atoms with Crippen LogP contribution in [0.15, 0.2) is 0 Å². The van der Waals surface area contributed by atoms with E-state index in [-0.39, 0.29) is 17.6 Å². The van der Waals surface area contributed by atoms with Crippen molar-refractivity contribution in [2.24, 2.45) is 29.4 Å². The summed E-state index contributed by atoms with van der Waals surface area (Å²) in [6.07, 6.45) is 3.92. The largest absolute Gasteiger partial charge is 0.392 e. The Bertz CT molecular complexity index is 410. The summed E-state index contributed by atoms with van der Waals surface area (Å²) >= 11 is 4.64. The topological polar surface area (TPSA) is 84.2 Å². The first-order valence-corrected chi connectivity index (χ1v) is 6.85. The standard InChI is InChI=1S/C12H17N3O2S/c13-7(18)4-14-11(16)12(17)15-10-8-5-1-2-6(3-5)9(8)10/h5-6,8-10H,1-4H2,(H2,13,18)(H,14,16)(H,15,17). The first kappa shape index (κ1) is 11.9. The van der Waals surface area contributed by atoms with Crippen LogP contribution in [0.5, 0.6) is 0 Å². The predicted octanol–water partition coefficient (Wildman–Crippen LogP) is -0.451. The van der Waals surface area contributed by atoms with Crippen molar-refractivity contribution in [1.82, 2.24) is 10.6 Å². The Kier molecular flexibility index (Phi) is 2.77. The van der Waals surface area contributed by atoms with Crippen LogP contribution in [0.3, 0.4) is 0 Å². The first-order valence-electron chi connectivity index (χ1n) is 6.45. The first-order chi connectivity index (χ1) is 8.58. The number of nitrogens with two attached hydrogens (primary N) is 1. The Balaban J connectivity index is 1.48. The van der Waals surface area contributed by atoms with E-state index in [1.54, 1.807) is 0 Å². The lowest BCUT2D eigenvalue weighted by atomic mass is 10.0. The second kappa shape index (κ2) is 4.19. The summed E-state index contributed by atoms with van der Waals surface area (Å²) in [5.41, 5.74) is 5.26. The number of amides is 2. The van der Waals surface area contributed by atoms with E-state index >= 15 is 0 Å². The van der Waals surface area contributed by atoms with Gasteiger partial charge >= 0.3 is 11.8 Å². The number of nitrogens with one attached hydrogen (secondary N) is 2. The fourth-order valence-electron chi connectivity index (χ4n) is 3.98. The van der Waals surface area contributed by atoms with Crippen LogP contribution in [0.2, 0.25) is 0 Å². The van der Waals surface area contributed by atoms with Crippen molar-refractivity contribution in [3.05, 3.63) is 0 Å². The van der Waals surface area contributed by atoms with Crippen LogP contribution in [-0.2, 0) is 9.59 Å². The molecule has 3 fully saturated rings. The van der Waals surface area contributed by atoms with Gasteiger partial charge in [0.25, 0.3) is 0 Å². The lowest BCUT2D eigenvalue weighted by Gasteiger charge is -2.10. The van der Waals surface area contributed by atoms with E-state index in [2.05, 4.69) is 22.9 Å². The van der Waals surface area contributed by atoms with Crippen molar-refractivity contribution in [3.63, 3.8) is 0 Å². The van der Waals surface area contributed by atoms with E-state index in [4.69, 9.17) is 5.73 Å². The van der Waals surface area contributed by atoms with Gasteiger partial charge < -0.3 is 16.4 Å². The van der Waals surface area contributed by atoms with Crippen LogP contribution in [0, 0.1) is 23.7 Å². The Labute approximate surface area is 111 Å². The molecule has 5 nitrogen and oxygen atoms in total. The molecule has 6 heteroatoms. The SMILES string of the molecule is NC(=S)CNC(=O)C(=O)NC1C2C3CCC(C3)C12. The van der Waals surface area contributed by atoms with Gasteiger partial charge in [-0.25, -0.2) is 0 Å². The summed E-state index contributed by atoms with van der Waals surface area (Å²) in [7, 11) is 0. The molecule has 0 radical (unpaired) electrons. The molecule has 3 aliphatic carbocycles. The molecule has 3 saturated carbocycles. The van der Waals surface area contributed by atoms with Crippen LogP contribution >= 0.6 is 12.2 Å². The normalized spacial score (nSPS) is 39.0. The molecule has 0 aromatic rings. The number of fused-ring (bicyclic) bond motifs is 5. The molecule has 2 bridgehead atoms. The Morgan fingerprint density at radius 3 is 2.33 bits per heavy atom. The summed E-state index contributed by atoms with van der Waals surface area (Å²) in [5.74, 6) is 1.65. The number of carbonyl (C=O) groups excluding carboxylic acids is 2. The zero-order valence-electron chi connectivity index (χ0n) is 10.0. The number of rotatable bonds is 3. The molecule has 3 aliphatic rings. The highest BCUT2D eigenvalue weighted by Crippen LogP contribution is 2.65. The number of carbonyl (C=O) groups is 2. The summed E-state index contributed by atoms with van der Waals surface area (Å²) in [5, 5.41) is 5.25. The summed E-state index contributed by atoms with van der Waals surface area (Å²) in [6.45, 7) is 0.0738. The highest BCUT2D eigenvalue weighted by atomic mass is 32.1. The summed E-state index contributed by atoms with van der Waals surface area (Å²) in [4.78, 5) is 23.3. The van der Waals surface area contributed by atoms with Gasteiger partial charge in [-0.15, -0.1) is 0 Å². The third-order valence-electron chi connectivity index (χ3n) is 4.66. The molecule has 18 heavy (non-hydrogen) atoms. The van der Waals surface area contributed by atoms with Crippen molar-refractivity contribution >= 4 is 29.0 Å². The minimum Gasteiger partial charge on any atom is -0.392 e. The summed E-state index contributed by atoms with van der Waals surface area (Å²) < 4.78 is 0. The van der Waals surface area contributed by atoms with Gasteiger partial charge in [0.15, 0.2) is 0 Å². The molecule has 98 valence electrons. The second-order valence-electron chi connectivity index (χ2n) is 5.64. The molecule has 4 unspecified atom stereocenters. The molecule has 3 rings (SSSR count). The van der Waals surface area contributed by atoms with E-state index < -0.39 is 11.8 Å². The average Bonchev–Trinajstić information content (AvgIpc) is 2.74. The molecular weight excluding hydrogens is 250 g/mol. The highest BCUT2D eigenvalue weighted by molar-refractivity contribution is 7.80. The zero-order chi connectivity index (χ0) is 12.9. The van der Waals surface area contributed by atoms with Gasteiger partial charge in [-0.2, -0.15) is 0 Å². The summed E-state index contributed by atoms with van der Waals surface area (Å²) in [6, 6.07) is 0.235. The fraction of sp³-hybridized carbons (Fsp3) is 0.750. The van der Waals surface area contributed by atoms with E-state index in [1.807, 2.05) is 0 Å². The number of thiocarbonyl (C=S) groups is 1. The van der Waals surface area contributed by atoms with Crippen LogP contribution in [0.25, 0.3) is 0 Å². The van der Waals surface area contributed by atoms with Gasteiger partial charge in [-0.1, -0.05) is 12.2 Å². The highest BCUT2D eigenvalue weighted by Gasteiger charge is 2.65. The van der Waals surface area contributed by atoms with Gasteiger partial charge in [0.1, 0.15) is 0 Å². The van der Waals surface area contributed by atoms with Crippen LogP contribution in [0.1, 0.15) is 19.3 Å². The Hall–Kier alpha value is -1.17. The second-order valence-corrected chi connectivity index (χ2v) is 6.16. The number of hydrogen-bond acceptors (Lipinski definition) is 3. The third-order valence-corrected chi connectivity index (χ3v) is 4.81. The molecule has 0 spiro atoms. The van der Waals surface area contributed by atoms with Gasteiger partial charge in [-0.05, 0) is 42.9 Å². The van der Waals surface area contributed by atoms with Crippen molar-refractivity contribution in [3.8, 4) is 0 Å². The maximum atomic E-state index is 11.7. The monoisotopic (exact) mass is 267 g/mol. The third kappa shape index (κ3) is 1.88. The van der Waals surface area contributed by atoms with E-state index in [0.29, 0.717) is 11.8 Å². The lowest BCUT2D eigenvalue weighted by molar-refractivity contribution is -0.139. The van der Waals surface area contributed by atoms with Crippen LogP contribution in [-0.4, -0.2) is 29.4 Å². The predicted molar refractivity (Wildman–Crippen MR) is 69.5 cm³/mol. The van der Waals surface area contributed by atoms with Gasteiger partial charge in [0.2, 0.25) is 0 Å². The molecule has 0 saturated heterocycles. The fourth-order valence-corrected chi connectivity index (χ4v) is 4.06. The van der Waals surface area contributed by atoms with E-state index in [0.717, 1.165) is 11.8 Å². The quantitative estimate of drug-likeness (QED) is 0.478. The molecular formula is C12H17N3O2S. The van der Waals surface area contributed by atoms with Crippen LogP contribution in [0.4, 0.5) is 0 Å². The molecule has 0 aromatic heterocycles. The molecule has 0 aromatic carbocycles. The Morgan fingerprint density at radius 1 is 1.17 bits per heavy atom. The lowest BCUT2D eigenvalue weighted by Crippen LogP contribution is -2.44. The minimum absolute atomic E-state index is 0.0738. The zero-order valence-corrected chi connectivity index (χ0v) is 10.8. The van der Waals surface area contributed by atoms with Crippen molar-refractivity contribution in [1.29, 1.82) is 0 Å². The van der Waals surface area contributed by atoms with Gasteiger partial charge in [0.05, 0.1) is 11.5 Å². The average molecular weight is 267 g/mol. The Morgan fingerprint density at radius 2 is 1.78 bits per heavy atom. The van der Waals surface area contributed by atoms with E-state index in [9.17, 15) is 9.59 Å². The van der Waals surface area contributed by atoms with Crippen molar-refractivity contribution < 1.29 is 9.59 Å². The van der Waals surface area contributed by atoms with Crippen LogP contribution < -0.4 is 16.4 Å². The smallest absolute Gasteiger partial charge is 0.309 e. The minimum atomic E-state index is -0.639. The van der Waals surface area contributed by atoms with Crippen molar-refractivity contribution in [2.45, 2.75) is 25.3 Å².